The number of amides is 1. The predicted octanol–water partition coefficient (Wildman–Crippen LogP) is 2.25. The summed E-state index contributed by atoms with van der Waals surface area (Å²) in [5, 5.41) is 6.59. The summed E-state index contributed by atoms with van der Waals surface area (Å²) in [6.45, 7) is 1.93. The van der Waals surface area contributed by atoms with Gasteiger partial charge in [0.25, 0.3) is 0 Å². The molecule has 0 spiro atoms. The van der Waals surface area contributed by atoms with E-state index in [9.17, 15) is 4.79 Å². The number of carbonyl (C=O) groups excluding carboxylic acids is 1. The van der Waals surface area contributed by atoms with Crippen molar-refractivity contribution in [2.75, 3.05) is 5.32 Å². The maximum absolute atomic E-state index is 12.1. The number of rotatable bonds is 3. The van der Waals surface area contributed by atoms with Crippen LogP contribution >= 0.6 is 0 Å². The van der Waals surface area contributed by atoms with Crippen molar-refractivity contribution in [3.05, 3.63) is 24.0 Å². The monoisotopic (exact) mass is 259 g/mol. The van der Waals surface area contributed by atoms with Crippen molar-refractivity contribution in [1.82, 2.24) is 10.3 Å². The first-order valence-electron chi connectivity index (χ1n) is 7.17. The van der Waals surface area contributed by atoms with Crippen molar-refractivity contribution in [3.8, 4) is 0 Å². The van der Waals surface area contributed by atoms with Crippen LogP contribution in [-0.4, -0.2) is 23.0 Å². The third kappa shape index (κ3) is 3.13. The Morgan fingerprint density at radius 3 is 2.84 bits per heavy atom. The van der Waals surface area contributed by atoms with Crippen LogP contribution < -0.4 is 10.6 Å². The second-order valence-electron chi connectivity index (χ2n) is 5.91. The number of aryl methyl sites for hydroxylation is 1. The van der Waals surface area contributed by atoms with Crippen molar-refractivity contribution >= 4 is 11.6 Å². The molecule has 0 aliphatic carbocycles. The summed E-state index contributed by atoms with van der Waals surface area (Å²) in [4.78, 5) is 16.2. The van der Waals surface area contributed by atoms with Gasteiger partial charge in [-0.05, 0) is 50.7 Å². The minimum absolute atomic E-state index is 0.136. The van der Waals surface area contributed by atoms with Gasteiger partial charge < -0.3 is 10.6 Å². The molecule has 1 aromatic rings. The van der Waals surface area contributed by atoms with Gasteiger partial charge in [-0.1, -0.05) is 0 Å². The molecule has 2 unspecified atom stereocenters. The number of nitrogens with one attached hydrogen (secondary N) is 2. The lowest BCUT2D eigenvalue weighted by molar-refractivity contribution is -0.117. The van der Waals surface area contributed by atoms with E-state index in [-0.39, 0.29) is 5.91 Å². The topological polar surface area (TPSA) is 54.0 Å². The van der Waals surface area contributed by atoms with Gasteiger partial charge in [-0.3, -0.25) is 9.78 Å². The summed E-state index contributed by atoms with van der Waals surface area (Å²) in [6.07, 6.45) is 7.25. The van der Waals surface area contributed by atoms with Crippen LogP contribution in [0.15, 0.2) is 18.3 Å². The molecule has 2 aliphatic heterocycles. The fourth-order valence-electron chi connectivity index (χ4n) is 3.44. The fourth-order valence-corrected chi connectivity index (χ4v) is 3.44. The van der Waals surface area contributed by atoms with Gasteiger partial charge in [0.15, 0.2) is 0 Å². The average molecular weight is 259 g/mol. The molecule has 4 nitrogen and oxygen atoms in total. The number of hydrogen-bond acceptors (Lipinski definition) is 3. The highest BCUT2D eigenvalue weighted by molar-refractivity contribution is 5.90. The second-order valence-corrected chi connectivity index (χ2v) is 5.91. The first-order valence-corrected chi connectivity index (χ1v) is 7.17. The molecular weight excluding hydrogens is 238 g/mol. The van der Waals surface area contributed by atoms with Gasteiger partial charge in [-0.2, -0.15) is 0 Å². The van der Waals surface area contributed by atoms with Gasteiger partial charge in [0, 0.05) is 36.1 Å². The summed E-state index contributed by atoms with van der Waals surface area (Å²) in [6, 6.07) is 5.06. The van der Waals surface area contributed by atoms with E-state index in [0.717, 1.165) is 24.2 Å². The molecule has 4 heteroatoms. The van der Waals surface area contributed by atoms with E-state index in [1.165, 1.54) is 12.8 Å². The number of fused-ring (bicyclic) bond motifs is 2. The van der Waals surface area contributed by atoms with Crippen LogP contribution in [0.2, 0.25) is 0 Å². The summed E-state index contributed by atoms with van der Waals surface area (Å²) >= 11 is 0. The molecule has 2 atom stereocenters. The largest absolute Gasteiger partial charge is 0.326 e. The molecule has 102 valence electrons. The van der Waals surface area contributed by atoms with Gasteiger partial charge in [-0.15, -0.1) is 0 Å². The highest BCUT2D eigenvalue weighted by atomic mass is 16.1. The van der Waals surface area contributed by atoms with Gasteiger partial charge in [0.1, 0.15) is 0 Å². The molecule has 1 aromatic heterocycles. The van der Waals surface area contributed by atoms with Crippen molar-refractivity contribution in [2.24, 2.45) is 5.92 Å². The quantitative estimate of drug-likeness (QED) is 0.875. The molecule has 1 amide bonds. The Kier molecular flexibility index (Phi) is 3.51. The van der Waals surface area contributed by atoms with Crippen molar-refractivity contribution in [3.63, 3.8) is 0 Å². The molecular formula is C15H21N3O. The molecule has 0 saturated carbocycles. The highest BCUT2D eigenvalue weighted by Gasteiger charge is 2.34. The van der Waals surface area contributed by atoms with Gasteiger partial charge in [0.05, 0.1) is 0 Å². The van der Waals surface area contributed by atoms with Crippen LogP contribution in [0.25, 0.3) is 0 Å². The predicted molar refractivity (Wildman–Crippen MR) is 74.9 cm³/mol. The smallest absolute Gasteiger partial charge is 0.224 e. The molecule has 3 heterocycles. The minimum atomic E-state index is 0.136. The molecule has 19 heavy (non-hydrogen) atoms. The van der Waals surface area contributed by atoms with Crippen LogP contribution in [0.1, 0.15) is 37.8 Å². The number of nitrogens with zero attached hydrogens (tertiary/aromatic N) is 1. The van der Waals surface area contributed by atoms with Gasteiger partial charge >= 0.3 is 0 Å². The number of carbonyl (C=O) groups is 1. The van der Waals surface area contributed by atoms with Crippen LogP contribution in [0.5, 0.6) is 0 Å². The van der Waals surface area contributed by atoms with Crippen LogP contribution in [0.3, 0.4) is 0 Å². The standard InChI is InChI=1S/C15H21N3O/c1-10-6-14(4-5-16-10)18-15(19)9-11-7-12-2-3-13(8-11)17-12/h4-6,11-13,17H,2-3,7-9H2,1H3,(H,16,18,19). The van der Waals surface area contributed by atoms with Crippen molar-refractivity contribution in [1.29, 1.82) is 0 Å². The third-order valence-corrected chi connectivity index (χ3v) is 4.23. The van der Waals surface area contributed by atoms with Gasteiger partial charge in [-0.25, -0.2) is 0 Å². The zero-order valence-electron chi connectivity index (χ0n) is 11.4. The number of pyridine rings is 1. The van der Waals surface area contributed by atoms with E-state index >= 15 is 0 Å². The number of piperidine rings is 1. The lowest BCUT2D eigenvalue weighted by Crippen LogP contribution is -2.39. The Bertz CT molecular complexity index is 462. The van der Waals surface area contributed by atoms with Crippen LogP contribution in [-0.2, 0) is 4.79 Å². The number of aromatic nitrogens is 1. The van der Waals surface area contributed by atoms with E-state index in [0.29, 0.717) is 24.4 Å². The molecule has 2 fully saturated rings. The highest BCUT2D eigenvalue weighted by Crippen LogP contribution is 2.32. The number of anilines is 1. The first kappa shape index (κ1) is 12.6. The zero-order chi connectivity index (χ0) is 13.2. The Labute approximate surface area is 114 Å². The van der Waals surface area contributed by atoms with Crippen molar-refractivity contribution < 1.29 is 4.79 Å². The summed E-state index contributed by atoms with van der Waals surface area (Å²) in [7, 11) is 0. The molecule has 0 radical (unpaired) electrons. The number of hydrogen-bond donors (Lipinski definition) is 2. The van der Waals surface area contributed by atoms with Crippen molar-refractivity contribution in [2.45, 2.75) is 51.1 Å². The molecule has 3 rings (SSSR count). The molecule has 0 aromatic carbocycles. The van der Waals surface area contributed by atoms with E-state index in [1.807, 2.05) is 19.1 Å². The zero-order valence-corrected chi connectivity index (χ0v) is 11.4. The summed E-state index contributed by atoms with van der Waals surface area (Å²) in [5.41, 5.74) is 1.78. The normalized spacial score (nSPS) is 29.2. The Morgan fingerprint density at radius 1 is 1.42 bits per heavy atom. The Balaban J connectivity index is 1.54. The SMILES string of the molecule is Cc1cc(NC(=O)CC2CC3CCC(C2)N3)ccn1. The van der Waals surface area contributed by atoms with E-state index in [1.54, 1.807) is 6.20 Å². The summed E-state index contributed by atoms with van der Waals surface area (Å²) < 4.78 is 0. The molecule has 2 aliphatic rings. The van der Waals surface area contributed by atoms with E-state index < -0.39 is 0 Å². The maximum Gasteiger partial charge on any atom is 0.224 e. The Hall–Kier alpha value is -1.42. The third-order valence-electron chi connectivity index (χ3n) is 4.23. The second kappa shape index (κ2) is 5.29. The first-order chi connectivity index (χ1) is 9.19. The van der Waals surface area contributed by atoms with Crippen LogP contribution in [0, 0.1) is 12.8 Å². The average Bonchev–Trinajstić information content (AvgIpc) is 2.68. The Morgan fingerprint density at radius 2 is 2.16 bits per heavy atom. The molecule has 2 N–H and O–H groups in total. The minimum Gasteiger partial charge on any atom is -0.326 e. The lowest BCUT2D eigenvalue weighted by Gasteiger charge is -2.28. The maximum atomic E-state index is 12.1. The lowest BCUT2D eigenvalue weighted by atomic mass is 9.89. The van der Waals surface area contributed by atoms with Gasteiger partial charge in [0.2, 0.25) is 5.91 Å². The van der Waals surface area contributed by atoms with Crippen LogP contribution in [0.4, 0.5) is 5.69 Å². The fraction of sp³-hybridized carbons (Fsp3) is 0.600. The van der Waals surface area contributed by atoms with E-state index in [4.69, 9.17) is 0 Å². The molecule has 2 saturated heterocycles. The van der Waals surface area contributed by atoms with E-state index in [2.05, 4.69) is 15.6 Å². The molecule has 2 bridgehead atoms. The summed E-state index contributed by atoms with van der Waals surface area (Å²) in [5.74, 6) is 0.679.